The molecule has 0 atom stereocenters. The molecule has 0 fully saturated rings. The molecule has 3 aromatic carbocycles. The highest BCUT2D eigenvalue weighted by molar-refractivity contribution is 6.10. The first-order valence-corrected chi connectivity index (χ1v) is 8.78. The van der Waals surface area contributed by atoms with E-state index in [9.17, 15) is 0 Å². The zero-order valence-electron chi connectivity index (χ0n) is 14.2. The first kappa shape index (κ1) is 14.9. The fourth-order valence-corrected chi connectivity index (χ4v) is 3.56. The van der Waals surface area contributed by atoms with Crippen molar-refractivity contribution in [2.45, 2.75) is 6.42 Å². The molecule has 0 N–H and O–H groups in total. The van der Waals surface area contributed by atoms with Gasteiger partial charge < -0.3 is 4.42 Å². The smallest absolute Gasteiger partial charge is 0.144 e. The Kier molecular flexibility index (Phi) is 3.53. The molecule has 0 saturated heterocycles. The number of fused-ring (bicyclic) bond motifs is 3. The molecule has 0 unspecified atom stereocenters. The highest BCUT2D eigenvalue weighted by Crippen LogP contribution is 2.36. The lowest BCUT2D eigenvalue weighted by molar-refractivity contribution is 0.665. The van der Waals surface area contributed by atoms with Gasteiger partial charge in [-0.2, -0.15) is 0 Å². The average molecular weight is 335 g/mol. The van der Waals surface area contributed by atoms with E-state index in [1.807, 2.05) is 30.5 Å². The normalized spacial score (nSPS) is 11.2. The van der Waals surface area contributed by atoms with Crippen LogP contribution in [0.1, 0.15) is 11.1 Å². The lowest BCUT2D eigenvalue weighted by atomic mass is 10.0. The number of hydrogen-bond acceptors (Lipinski definition) is 2. The summed E-state index contributed by atoms with van der Waals surface area (Å²) in [5, 5.41) is 2.30. The number of benzene rings is 3. The van der Waals surface area contributed by atoms with E-state index < -0.39 is 0 Å². The quantitative estimate of drug-likeness (QED) is 0.390. The van der Waals surface area contributed by atoms with Gasteiger partial charge in [-0.15, -0.1) is 0 Å². The number of hydrogen-bond donors (Lipinski definition) is 0. The Morgan fingerprint density at radius 1 is 0.654 bits per heavy atom. The second-order valence-corrected chi connectivity index (χ2v) is 6.46. The SMILES string of the molecule is c1ccc(Cc2cccc3c2oc2c(-c4ccccn4)cccc23)cc1. The number of pyridine rings is 1. The first-order chi connectivity index (χ1) is 12.9. The minimum absolute atomic E-state index is 0.858. The summed E-state index contributed by atoms with van der Waals surface area (Å²) in [6.45, 7) is 0. The molecular weight excluding hydrogens is 318 g/mol. The molecule has 124 valence electrons. The molecule has 2 nitrogen and oxygen atoms in total. The van der Waals surface area contributed by atoms with Crippen molar-refractivity contribution in [1.82, 2.24) is 4.98 Å². The highest BCUT2D eigenvalue weighted by atomic mass is 16.3. The van der Waals surface area contributed by atoms with Gasteiger partial charge in [-0.25, -0.2) is 0 Å². The summed E-state index contributed by atoms with van der Waals surface area (Å²) in [5.74, 6) is 0. The summed E-state index contributed by atoms with van der Waals surface area (Å²) in [5.41, 5.74) is 6.32. The van der Waals surface area contributed by atoms with Crippen LogP contribution in [0.15, 0.2) is 95.5 Å². The second-order valence-electron chi connectivity index (χ2n) is 6.46. The number of nitrogens with zero attached hydrogens (tertiary/aromatic N) is 1. The van der Waals surface area contributed by atoms with Gasteiger partial charge in [-0.3, -0.25) is 4.98 Å². The van der Waals surface area contributed by atoms with Crippen LogP contribution in [0.25, 0.3) is 33.2 Å². The Balaban J connectivity index is 1.73. The molecule has 0 amide bonds. The first-order valence-electron chi connectivity index (χ1n) is 8.78. The molecule has 0 spiro atoms. The van der Waals surface area contributed by atoms with Crippen molar-refractivity contribution >= 4 is 21.9 Å². The molecule has 2 heterocycles. The van der Waals surface area contributed by atoms with Crippen molar-refractivity contribution in [1.29, 1.82) is 0 Å². The van der Waals surface area contributed by atoms with Crippen LogP contribution in [-0.4, -0.2) is 4.98 Å². The highest BCUT2D eigenvalue weighted by Gasteiger charge is 2.15. The monoisotopic (exact) mass is 335 g/mol. The number of rotatable bonds is 3. The standard InChI is InChI=1S/C24H17NO/c1-2-8-17(9-3-1)16-18-10-6-11-19-20-12-7-13-21(24(20)26-23(18)19)22-14-4-5-15-25-22/h1-15H,16H2. The molecule has 2 heteroatoms. The molecular formula is C24H17NO. The molecule has 0 bridgehead atoms. The summed E-state index contributed by atoms with van der Waals surface area (Å²) in [4.78, 5) is 4.50. The average Bonchev–Trinajstić information content (AvgIpc) is 3.09. The largest absolute Gasteiger partial charge is 0.455 e. The van der Waals surface area contributed by atoms with E-state index in [4.69, 9.17) is 4.42 Å². The van der Waals surface area contributed by atoms with Gasteiger partial charge in [0, 0.05) is 29.0 Å². The molecule has 0 aliphatic heterocycles. The van der Waals surface area contributed by atoms with Crippen molar-refractivity contribution in [3.8, 4) is 11.3 Å². The van der Waals surface area contributed by atoms with Crippen molar-refractivity contribution in [2.75, 3.05) is 0 Å². The lowest BCUT2D eigenvalue weighted by Gasteiger charge is -2.02. The third-order valence-corrected chi connectivity index (χ3v) is 4.78. The third kappa shape index (κ3) is 2.47. The zero-order chi connectivity index (χ0) is 17.3. The second kappa shape index (κ2) is 6.16. The van der Waals surface area contributed by atoms with Gasteiger partial charge in [0.25, 0.3) is 0 Å². The predicted molar refractivity (Wildman–Crippen MR) is 106 cm³/mol. The number of para-hydroxylation sites is 2. The van der Waals surface area contributed by atoms with Crippen LogP contribution in [0.3, 0.4) is 0 Å². The molecule has 0 saturated carbocycles. The van der Waals surface area contributed by atoms with E-state index in [2.05, 4.69) is 65.6 Å². The summed E-state index contributed by atoms with van der Waals surface area (Å²) in [6.07, 6.45) is 2.68. The molecule has 5 rings (SSSR count). The van der Waals surface area contributed by atoms with Crippen LogP contribution in [0.5, 0.6) is 0 Å². The molecule has 0 aliphatic rings. The van der Waals surface area contributed by atoms with Crippen LogP contribution >= 0.6 is 0 Å². The summed E-state index contributed by atoms with van der Waals surface area (Å²) < 4.78 is 6.40. The van der Waals surface area contributed by atoms with Gasteiger partial charge in [0.15, 0.2) is 0 Å². The topological polar surface area (TPSA) is 26.0 Å². The van der Waals surface area contributed by atoms with Gasteiger partial charge in [-0.05, 0) is 29.3 Å². The summed E-state index contributed by atoms with van der Waals surface area (Å²) in [7, 11) is 0. The van der Waals surface area contributed by atoms with Gasteiger partial charge in [0.2, 0.25) is 0 Å². The van der Waals surface area contributed by atoms with Gasteiger partial charge >= 0.3 is 0 Å². The van der Waals surface area contributed by atoms with Crippen molar-refractivity contribution in [3.63, 3.8) is 0 Å². The minimum atomic E-state index is 0.858. The zero-order valence-corrected chi connectivity index (χ0v) is 14.2. The van der Waals surface area contributed by atoms with Crippen molar-refractivity contribution in [2.24, 2.45) is 0 Å². The van der Waals surface area contributed by atoms with Crippen LogP contribution in [-0.2, 0) is 6.42 Å². The van der Waals surface area contributed by atoms with Crippen LogP contribution in [0, 0.1) is 0 Å². The van der Waals surface area contributed by atoms with E-state index in [1.165, 1.54) is 11.1 Å². The molecule has 26 heavy (non-hydrogen) atoms. The third-order valence-electron chi connectivity index (χ3n) is 4.78. The maximum absolute atomic E-state index is 6.40. The van der Waals surface area contributed by atoms with E-state index in [0.29, 0.717) is 0 Å². The number of aromatic nitrogens is 1. The van der Waals surface area contributed by atoms with Crippen molar-refractivity contribution in [3.05, 3.63) is 102 Å². The van der Waals surface area contributed by atoms with Gasteiger partial charge in [-0.1, -0.05) is 66.7 Å². The lowest BCUT2D eigenvalue weighted by Crippen LogP contribution is -1.87. The summed E-state index contributed by atoms with van der Waals surface area (Å²) >= 11 is 0. The van der Waals surface area contributed by atoms with Crippen LogP contribution in [0.2, 0.25) is 0 Å². The maximum Gasteiger partial charge on any atom is 0.144 e. The Morgan fingerprint density at radius 3 is 2.23 bits per heavy atom. The predicted octanol–water partition coefficient (Wildman–Crippen LogP) is 6.24. The maximum atomic E-state index is 6.40. The molecule has 5 aromatic rings. The Hall–Kier alpha value is -3.39. The van der Waals surface area contributed by atoms with E-state index in [1.54, 1.807) is 0 Å². The molecule has 2 aromatic heterocycles. The van der Waals surface area contributed by atoms with E-state index >= 15 is 0 Å². The van der Waals surface area contributed by atoms with Gasteiger partial charge in [0.05, 0.1) is 5.69 Å². The Morgan fingerprint density at radius 2 is 1.42 bits per heavy atom. The number of furan rings is 1. The van der Waals surface area contributed by atoms with E-state index in [-0.39, 0.29) is 0 Å². The summed E-state index contributed by atoms with van der Waals surface area (Å²) in [6, 6.07) is 29.1. The van der Waals surface area contributed by atoms with Crippen LogP contribution in [0.4, 0.5) is 0 Å². The fraction of sp³-hybridized carbons (Fsp3) is 0.0417. The van der Waals surface area contributed by atoms with Crippen LogP contribution < -0.4 is 0 Å². The molecule has 0 aliphatic carbocycles. The fourth-order valence-electron chi connectivity index (χ4n) is 3.56. The van der Waals surface area contributed by atoms with E-state index in [0.717, 1.165) is 39.6 Å². The Bertz CT molecular complexity index is 1190. The molecule has 0 radical (unpaired) electrons. The van der Waals surface area contributed by atoms with Crippen molar-refractivity contribution < 1.29 is 4.42 Å². The minimum Gasteiger partial charge on any atom is -0.455 e. The van der Waals surface area contributed by atoms with Gasteiger partial charge in [0.1, 0.15) is 11.2 Å². The Labute approximate surface area is 151 Å².